The molecule has 32 heavy (non-hydrogen) atoms. The molecule has 0 bridgehead atoms. The minimum Gasteiger partial charge on any atom is -0.372 e. The van der Waals surface area contributed by atoms with Crippen LogP contribution in [0.4, 0.5) is 17.1 Å². The Morgan fingerprint density at radius 3 is 1.69 bits per heavy atom. The molecule has 4 aromatic carbocycles. The Morgan fingerprint density at radius 2 is 1.16 bits per heavy atom. The van der Waals surface area contributed by atoms with Gasteiger partial charge in [0.25, 0.3) is 0 Å². The summed E-state index contributed by atoms with van der Waals surface area (Å²) in [5.74, 6) is 0. The number of rotatable bonds is 8. The van der Waals surface area contributed by atoms with E-state index in [9.17, 15) is 0 Å². The number of para-hydroxylation sites is 2. The van der Waals surface area contributed by atoms with E-state index in [0.29, 0.717) is 0 Å². The summed E-state index contributed by atoms with van der Waals surface area (Å²) < 4.78 is 0. The van der Waals surface area contributed by atoms with Crippen LogP contribution < -0.4 is 9.91 Å². The molecule has 0 heterocycles. The van der Waals surface area contributed by atoms with Crippen LogP contribution in [0.25, 0.3) is 11.1 Å². The molecule has 0 aromatic heterocycles. The van der Waals surface area contributed by atoms with Gasteiger partial charge in [0.1, 0.15) is 0 Å². The van der Waals surface area contributed by atoms with E-state index in [1.54, 1.807) is 0 Å². The predicted molar refractivity (Wildman–Crippen MR) is 138 cm³/mol. The quantitative estimate of drug-likeness (QED) is 0.219. The van der Waals surface area contributed by atoms with Crippen LogP contribution in [0.15, 0.2) is 114 Å². The lowest BCUT2D eigenvalue weighted by Gasteiger charge is -2.26. The summed E-state index contributed by atoms with van der Waals surface area (Å²) in [5.41, 5.74) is 6.78. The van der Waals surface area contributed by atoms with E-state index in [1.807, 2.05) is 47.6 Å². The van der Waals surface area contributed by atoms with E-state index in [4.69, 9.17) is 5.10 Å². The van der Waals surface area contributed by atoms with Crippen molar-refractivity contribution in [3.8, 4) is 11.1 Å². The summed E-state index contributed by atoms with van der Waals surface area (Å²) in [7, 11) is 0. The highest BCUT2D eigenvalue weighted by molar-refractivity contribution is 5.96. The molecule has 3 nitrogen and oxygen atoms in total. The average molecular weight is 420 g/mol. The van der Waals surface area contributed by atoms with E-state index in [0.717, 1.165) is 30.0 Å². The monoisotopic (exact) mass is 419 g/mol. The van der Waals surface area contributed by atoms with Crippen LogP contribution in [0.2, 0.25) is 0 Å². The zero-order valence-electron chi connectivity index (χ0n) is 18.7. The highest BCUT2D eigenvalue weighted by Gasteiger charge is 2.14. The minimum absolute atomic E-state index is 0.955. The summed E-state index contributed by atoms with van der Waals surface area (Å²) in [4.78, 5) is 2.39. The third-order valence-electron chi connectivity index (χ3n) is 5.56. The highest BCUT2D eigenvalue weighted by Crippen LogP contribution is 2.34. The molecular formula is C29H29N3. The first-order chi connectivity index (χ1) is 15.8. The zero-order chi connectivity index (χ0) is 22.2. The van der Waals surface area contributed by atoms with E-state index in [-0.39, 0.29) is 0 Å². The zero-order valence-corrected chi connectivity index (χ0v) is 18.7. The lowest BCUT2D eigenvalue weighted by molar-refractivity contribution is 0.867. The first kappa shape index (κ1) is 21.4. The first-order valence-electron chi connectivity index (χ1n) is 11.2. The summed E-state index contributed by atoms with van der Waals surface area (Å²) >= 11 is 0. The van der Waals surface area contributed by atoms with Crippen LogP contribution >= 0.6 is 0 Å². The van der Waals surface area contributed by atoms with Gasteiger partial charge in [0.05, 0.1) is 17.6 Å². The van der Waals surface area contributed by atoms with Gasteiger partial charge in [0.15, 0.2) is 0 Å². The lowest BCUT2D eigenvalue weighted by atomic mass is 9.97. The molecule has 0 aliphatic carbocycles. The topological polar surface area (TPSA) is 18.8 Å². The fourth-order valence-electron chi connectivity index (χ4n) is 3.95. The number of hydrazone groups is 1. The first-order valence-corrected chi connectivity index (χ1v) is 11.2. The Labute approximate surface area is 191 Å². The Bertz CT molecular complexity index is 1100. The van der Waals surface area contributed by atoms with Crippen molar-refractivity contribution in [1.29, 1.82) is 0 Å². The second-order valence-corrected chi connectivity index (χ2v) is 7.51. The van der Waals surface area contributed by atoms with Gasteiger partial charge in [-0.1, -0.05) is 78.9 Å². The molecule has 0 saturated carbocycles. The standard InChI is InChI=1S/C29H29N3/c1-3-31(4-2)28-22-14-17-25(29(28)24-15-8-5-9-16-24)23-30-32(26-18-10-6-11-19-26)27-20-12-7-13-21-27/h5-23H,3-4H2,1-2H3. The maximum Gasteiger partial charge on any atom is 0.0652 e. The van der Waals surface area contributed by atoms with Gasteiger partial charge in [-0.3, -0.25) is 0 Å². The molecule has 0 fully saturated rings. The normalized spacial score (nSPS) is 10.9. The second kappa shape index (κ2) is 10.5. The van der Waals surface area contributed by atoms with Gasteiger partial charge < -0.3 is 4.90 Å². The van der Waals surface area contributed by atoms with Crippen molar-refractivity contribution in [1.82, 2.24) is 0 Å². The maximum absolute atomic E-state index is 4.96. The number of nitrogens with zero attached hydrogens (tertiary/aromatic N) is 3. The van der Waals surface area contributed by atoms with Crippen LogP contribution in [0.1, 0.15) is 19.4 Å². The Balaban J connectivity index is 1.83. The van der Waals surface area contributed by atoms with E-state index >= 15 is 0 Å². The van der Waals surface area contributed by atoms with Crippen LogP contribution in [0.5, 0.6) is 0 Å². The van der Waals surface area contributed by atoms with Gasteiger partial charge in [-0.15, -0.1) is 0 Å². The van der Waals surface area contributed by atoms with Gasteiger partial charge in [0.2, 0.25) is 0 Å². The Morgan fingerprint density at radius 1 is 0.625 bits per heavy atom. The largest absolute Gasteiger partial charge is 0.372 e. The molecule has 160 valence electrons. The molecule has 0 aliphatic rings. The molecule has 0 radical (unpaired) electrons. The van der Waals surface area contributed by atoms with Crippen molar-refractivity contribution in [3.05, 3.63) is 115 Å². The molecule has 0 atom stereocenters. The van der Waals surface area contributed by atoms with Crippen LogP contribution in [-0.4, -0.2) is 19.3 Å². The van der Waals surface area contributed by atoms with Crippen molar-refractivity contribution >= 4 is 23.3 Å². The van der Waals surface area contributed by atoms with Crippen molar-refractivity contribution in [2.24, 2.45) is 5.10 Å². The Hall–Kier alpha value is -3.85. The fourth-order valence-corrected chi connectivity index (χ4v) is 3.95. The van der Waals surface area contributed by atoms with Gasteiger partial charge in [-0.05, 0) is 49.7 Å². The van der Waals surface area contributed by atoms with Crippen molar-refractivity contribution in [2.45, 2.75) is 13.8 Å². The molecule has 0 amide bonds. The van der Waals surface area contributed by atoms with E-state index < -0.39 is 0 Å². The molecule has 3 heteroatoms. The van der Waals surface area contributed by atoms with Gasteiger partial charge in [-0.2, -0.15) is 5.10 Å². The summed E-state index contributed by atoms with van der Waals surface area (Å²) in [6.45, 7) is 6.31. The van der Waals surface area contributed by atoms with Gasteiger partial charge in [0, 0.05) is 29.9 Å². The summed E-state index contributed by atoms with van der Waals surface area (Å²) in [6.07, 6.45) is 1.98. The Kier molecular flexibility index (Phi) is 6.98. The molecular weight excluding hydrogens is 390 g/mol. The molecule has 4 rings (SSSR count). The third-order valence-corrected chi connectivity index (χ3v) is 5.56. The van der Waals surface area contributed by atoms with Crippen LogP contribution in [-0.2, 0) is 0 Å². The summed E-state index contributed by atoms with van der Waals surface area (Å²) in [5, 5.41) is 6.95. The van der Waals surface area contributed by atoms with Crippen LogP contribution in [0.3, 0.4) is 0 Å². The smallest absolute Gasteiger partial charge is 0.0652 e. The van der Waals surface area contributed by atoms with Crippen molar-refractivity contribution in [2.75, 3.05) is 23.0 Å². The van der Waals surface area contributed by atoms with Crippen LogP contribution in [0, 0.1) is 0 Å². The molecule has 0 spiro atoms. The number of hydrogen-bond acceptors (Lipinski definition) is 3. The van der Waals surface area contributed by atoms with Crippen molar-refractivity contribution < 1.29 is 0 Å². The van der Waals surface area contributed by atoms with Crippen molar-refractivity contribution in [3.63, 3.8) is 0 Å². The lowest BCUT2D eigenvalue weighted by Crippen LogP contribution is -2.23. The van der Waals surface area contributed by atoms with Gasteiger partial charge >= 0.3 is 0 Å². The average Bonchev–Trinajstić information content (AvgIpc) is 2.87. The fraction of sp³-hybridized carbons (Fsp3) is 0.138. The van der Waals surface area contributed by atoms with E-state index in [1.165, 1.54) is 16.8 Å². The van der Waals surface area contributed by atoms with Gasteiger partial charge in [-0.25, -0.2) is 5.01 Å². The number of hydrogen-bond donors (Lipinski definition) is 0. The predicted octanol–water partition coefficient (Wildman–Crippen LogP) is 7.37. The molecule has 0 saturated heterocycles. The maximum atomic E-state index is 4.96. The molecule has 4 aromatic rings. The highest BCUT2D eigenvalue weighted by atomic mass is 15.5. The van der Waals surface area contributed by atoms with E-state index in [2.05, 4.69) is 91.5 Å². The SMILES string of the molecule is CCN(CC)c1cccc(C=NN(c2ccccc2)c2ccccc2)c1-c1ccccc1. The minimum atomic E-state index is 0.955. The summed E-state index contributed by atoms with van der Waals surface area (Å²) in [6, 6.07) is 37.6. The number of anilines is 3. The second-order valence-electron chi connectivity index (χ2n) is 7.51. The molecule has 0 aliphatic heterocycles. The molecule has 0 unspecified atom stereocenters. The molecule has 0 N–H and O–H groups in total. The number of benzene rings is 4. The third kappa shape index (κ3) is 4.73.